The van der Waals surface area contributed by atoms with E-state index in [9.17, 15) is 4.79 Å². The maximum absolute atomic E-state index is 11.0. The highest BCUT2D eigenvalue weighted by Crippen LogP contribution is 2.24. The van der Waals surface area contributed by atoms with Gasteiger partial charge in [0.15, 0.2) is 5.82 Å². The number of rotatable bonds is 2. The first-order valence-corrected chi connectivity index (χ1v) is 5.19. The largest absolute Gasteiger partial charge is 0.478 e. The Morgan fingerprint density at radius 1 is 1.44 bits per heavy atom. The highest BCUT2D eigenvalue weighted by atomic mass is 35.5. The van der Waals surface area contributed by atoms with Crippen molar-refractivity contribution in [2.75, 3.05) is 0 Å². The number of H-pyrrole nitrogens is 1. The van der Waals surface area contributed by atoms with E-state index in [1.807, 2.05) is 0 Å². The molecule has 0 amide bonds. The van der Waals surface area contributed by atoms with Crippen LogP contribution in [0.5, 0.6) is 0 Å². The molecule has 0 fully saturated rings. The van der Waals surface area contributed by atoms with Crippen LogP contribution in [0.25, 0.3) is 17.2 Å². The molecule has 2 N–H and O–H groups in total. The predicted octanol–water partition coefficient (Wildman–Crippen LogP) is 0.866. The van der Waals surface area contributed by atoms with Gasteiger partial charge in [-0.15, -0.1) is 5.10 Å². The van der Waals surface area contributed by atoms with E-state index in [0.29, 0.717) is 17.2 Å². The summed E-state index contributed by atoms with van der Waals surface area (Å²) in [7, 11) is 0. The summed E-state index contributed by atoms with van der Waals surface area (Å²) in [6, 6.07) is 2.96. The number of imidazole rings is 1. The molecular formula is C9H5ClN6O2. The van der Waals surface area contributed by atoms with Gasteiger partial charge in [-0.25, -0.2) is 14.9 Å². The Labute approximate surface area is 104 Å². The summed E-state index contributed by atoms with van der Waals surface area (Å²) in [6.45, 7) is 0. The van der Waals surface area contributed by atoms with Crippen LogP contribution in [0.2, 0.25) is 5.15 Å². The fourth-order valence-corrected chi connectivity index (χ4v) is 1.95. The molecule has 3 rings (SSSR count). The SMILES string of the molecule is O=C(O)c1ccc2ncc(-c3nnn[nH]3)n2c1Cl. The Balaban J connectivity index is 2.35. The molecule has 18 heavy (non-hydrogen) atoms. The summed E-state index contributed by atoms with van der Waals surface area (Å²) in [5.74, 6) is -0.760. The molecule has 0 radical (unpaired) electrons. The maximum atomic E-state index is 11.0. The summed E-state index contributed by atoms with van der Waals surface area (Å²) < 4.78 is 1.47. The van der Waals surface area contributed by atoms with E-state index in [4.69, 9.17) is 16.7 Å². The molecule has 0 aliphatic rings. The van der Waals surface area contributed by atoms with Gasteiger partial charge in [0, 0.05) is 0 Å². The number of fused-ring (bicyclic) bond motifs is 1. The molecule has 0 aliphatic heterocycles. The number of tetrazole rings is 1. The summed E-state index contributed by atoms with van der Waals surface area (Å²) in [4.78, 5) is 15.1. The van der Waals surface area contributed by atoms with Crippen molar-refractivity contribution in [1.82, 2.24) is 30.0 Å². The third-order valence-electron chi connectivity index (χ3n) is 2.43. The smallest absolute Gasteiger partial charge is 0.338 e. The van der Waals surface area contributed by atoms with Crippen molar-refractivity contribution in [1.29, 1.82) is 0 Å². The lowest BCUT2D eigenvalue weighted by Gasteiger charge is -2.04. The van der Waals surface area contributed by atoms with Crippen LogP contribution in [0, 0.1) is 0 Å². The first kappa shape index (κ1) is 10.7. The minimum atomic E-state index is -1.11. The van der Waals surface area contributed by atoms with Crippen molar-refractivity contribution >= 4 is 23.2 Å². The molecule has 9 heteroatoms. The summed E-state index contributed by atoms with van der Waals surface area (Å²) in [5, 5.41) is 22.3. The molecule has 8 nitrogen and oxygen atoms in total. The van der Waals surface area contributed by atoms with E-state index in [1.54, 1.807) is 6.07 Å². The first-order chi connectivity index (χ1) is 8.68. The fraction of sp³-hybridized carbons (Fsp3) is 0. The third kappa shape index (κ3) is 1.43. The van der Waals surface area contributed by atoms with Crippen molar-refractivity contribution in [2.24, 2.45) is 0 Å². The quantitative estimate of drug-likeness (QED) is 0.665. The molecule has 90 valence electrons. The Kier molecular flexibility index (Phi) is 2.23. The highest BCUT2D eigenvalue weighted by molar-refractivity contribution is 6.32. The molecule has 0 saturated carbocycles. The number of aromatic nitrogens is 6. The second-order valence-electron chi connectivity index (χ2n) is 3.43. The molecular weight excluding hydrogens is 260 g/mol. The zero-order valence-electron chi connectivity index (χ0n) is 8.70. The van der Waals surface area contributed by atoms with E-state index in [-0.39, 0.29) is 10.7 Å². The van der Waals surface area contributed by atoms with E-state index < -0.39 is 5.97 Å². The van der Waals surface area contributed by atoms with Gasteiger partial charge in [-0.1, -0.05) is 11.6 Å². The van der Waals surface area contributed by atoms with Gasteiger partial charge in [0.05, 0.1) is 11.8 Å². The predicted molar refractivity (Wildman–Crippen MR) is 60.3 cm³/mol. The van der Waals surface area contributed by atoms with Crippen molar-refractivity contribution in [3.63, 3.8) is 0 Å². The average molecular weight is 265 g/mol. The number of halogens is 1. The lowest BCUT2D eigenvalue weighted by atomic mass is 10.3. The number of hydrogen-bond acceptors (Lipinski definition) is 5. The minimum absolute atomic E-state index is 0.0177. The Morgan fingerprint density at radius 3 is 2.94 bits per heavy atom. The van der Waals surface area contributed by atoms with Gasteiger partial charge >= 0.3 is 5.97 Å². The standard InChI is InChI=1S/C9H5ClN6O2/c10-7-4(9(17)18)1-2-6-11-3-5(16(6)7)8-12-14-15-13-8/h1-3H,(H,17,18)(H,12,13,14,15). The molecule has 3 aromatic heterocycles. The van der Waals surface area contributed by atoms with Gasteiger partial charge in [-0.05, 0) is 22.6 Å². The number of nitrogens with one attached hydrogen (secondary N) is 1. The summed E-state index contributed by atoms with van der Waals surface area (Å²) in [6.07, 6.45) is 1.51. The Hall–Kier alpha value is -2.48. The van der Waals surface area contributed by atoms with Crippen LogP contribution in [-0.2, 0) is 0 Å². The zero-order valence-corrected chi connectivity index (χ0v) is 9.46. The van der Waals surface area contributed by atoms with Crippen molar-refractivity contribution in [2.45, 2.75) is 0 Å². The monoisotopic (exact) mass is 264 g/mol. The molecule has 0 spiro atoms. The second kappa shape index (κ2) is 3.77. The highest BCUT2D eigenvalue weighted by Gasteiger charge is 2.17. The number of pyridine rings is 1. The van der Waals surface area contributed by atoms with Crippen molar-refractivity contribution in [3.8, 4) is 11.5 Å². The van der Waals surface area contributed by atoms with Gasteiger partial charge in [0.25, 0.3) is 0 Å². The maximum Gasteiger partial charge on any atom is 0.338 e. The molecule has 0 atom stereocenters. The van der Waals surface area contributed by atoms with Crippen LogP contribution in [0.1, 0.15) is 10.4 Å². The fourth-order valence-electron chi connectivity index (χ4n) is 1.63. The van der Waals surface area contributed by atoms with E-state index in [2.05, 4.69) is 25.6 Å². The van der Waals surface area contributed by atoms with Gasteiger partial charge in [-0.2, -0.15) is 0 Å². The van der Waals surface area contributed by atoms with E-state index >= 15 is 0 Å². The number of carboxylic acids is 1. The normalized spacial score (nSPS) is 10.9. The van der Waals surface area contributed by atoms with Crippen LogP contribution < -0.4 is 0 Å². The first-order valence-electron chi connectivity index (χ1n) is 4.82. The Morgan fingerprint density at radius 2 is 2.28 bits per heavy atom. The number of aromatic carboxylic acids is 1. The van der Waals surface area contributed by atoms with Crippen LogP contribution in [-0.4, -0.2) is 41.1 Å². The molecule has 0 saturated heterocycles. The van der Waals surface area contributed by atoms with Crippen molar-refractivity contribution < 1.29 is 9.90 Å². The Bertz CT molecular complexity index is 735. The zero-order chi connectivity index (χ0) is 12.7. The number of aromatic amines is 1. The minimum Gasteiger partial charge on any atom is -0.478 e. The summed E-state index contributed by atoms with van der Waals surface area (Å²) >= 11 is 6.06. The topological polar surface area (TPSA) is 109 Å². The number of carbonyl (C=O) groups is 1. The lowest BCUT2D eigenvalue weighted by Crippen LogP contribution is -2.02. The van der Waals surface area contributed by atoms with Crippen LogP contribution in [0.15, 0.2) is 18.3 Å². The van der Waals surface area contributed by atoms with Crippen LogP contribution in [0.3, 0.4) is 0 Å². The molecule has 0 unspecified atom stereocenters. The molecule has 0 bridgehead atoms. The molecule has 0 aromatic carbocycles. The number of carboxylic acid groups (broad SMARTS) is 1. The van der Waals surface area contributed by atoms with Crippen LogP contribution >= 0.6 is 11.6 Å². The summed E-state index contributed by atoms with van der Waals surface area (Å²) in [5.41, 5.74) is 0.982. The second-order valence-corrected chi connectivity index (χ2v) is 3.79. The molecule has 3 aromatic rings. The van der Waals surface area contributed by atoms with Gasteiger partial charge in [-0.3, -0.25) is 4.40 Å². The van der Waals surface area contributed by atoms with Gasteiger partial charge in [0.1, 0.15) is 16.5 Å². The molecule has 3 heterocycles. The van der Waals surface area contributed by atoms with E-state index in [0.717, 1.165) is 0 Å². The van der Waals surface area contributed by atoms with Crippen LogP contribution in [0.4, 0.5) is 0 Å². The van der Waals surface area contributed by atoms with Gasteiger partial charge < -0.3 is 5.11 Å². The van der Waals surface area contributed by atoms with Crippen molar-refractivity contribution in [3.05, 3.63) is 29.0 Å². The lowest BCUT2D eigenvalue weighted by molar-refractivity contribution is 0.0696. The third-order valence-corrected chi connectivity index (χ3v) is 2.80. The van der Waals surface area contributed by atoms with E-state index in [1.165, 1.54) is 16.7 Å². The number of hydrogen-bond donors (Lipinski definition) is 2. The molecule has 0 aliphatic carbocycles. The van der Waals surface area contributed by atoms with Gasteiger partial charge in [0.2, 0.25) is 0 Å². The number of nitrogens with zero attached hydrogens (tertiary/aromatic N) is 5. The average Bonchev–Trinajstić information content (AvgIpc) is 2.96.